The monoisotopic (exact) mass is 287 g/mol. The Morgan fingerprint density at radius 3 is 2.47 bits per heavy atom. The molecule has 9 heteroatoms. The number of carbonyl (C=O) groups is 1. The SMILES string of the molecule is Cc1cc([N+](=O)[O-])cc(S(=O)(=O)NCC(N)=O)c1C. The highest BCUT2D eigenvalue weighted by Gasteiger charge is 2.22. The number of benzene rings is 1. The molecule has 1 aromatic carbocycles. The number of non-ortho nitro benzene ring substituents is 1. The topological polar surface area (TPSA) is 132 Å². The lowest BCUT2D eigenvalue weighted by Crippen LogP contribution is -2.33. The Balaban J connectivity index is 3.33. The van der Waals surface area contributed by atoms with Crippen LogP contribution >= 0.6 is 0 Å². The third kappa shape index (κ3) is 3.48. The molecule has 0 saturated carbocycles. The fourth-order valence-corrected chi connectivity index (χ4v) is 2.76. The number of nitrogens with two attached hydrogens (primary N) is 1. The van der Waals surface area contributed by atoms with Gasteiger partial charge in [-0.2, -0.15) is 0 Å². The van der Waals surface area contributed by atoms with E-state index in [9.17, 15) is 23.3 Å². The van der Waals surface area contributed by atoms with E-state index in [1.165, 1.54) is 13.0 Å². The zero-order valence-corrected chi connectivity index (χ0v) is 11.2. The van der Waals surface area contributed by atoms with Crippen molar-refractivity contribution >= 4 is 21.6 Å². The van der Waals surface area contributed by atoms with Crippen molar-refractivity contribution < 1.29 is 18.1 Å². The maximum Gasteiger partial charge on any atom is 0.271 e. The second-order valence-corrected chi connectivity index (χ2v) is 5.67. The Hall–Kier alpha value is -2.00. The van der Waals surface area contributed by atoms with E-state index in [2.05, 4.69) is 0 Å². The van der Waals surface area contributed by atoms with Crippen LogP contribution in [0.3, 0.4) is 0 Å². The van der Waals surface area contributed by atoms with Crippen LogP contribution in [0, 0.1) is 24.0 Å². The minimum absolute atomic E-state index is 0.236. The number of nitrogens with zero attached hydrogens (tertiary/aromatic N) is 1. The lowest BCUT2D eigenvalue weighted by Gasteiger charge is -2.10. The smallest absolute Gasteiger partial charge is 0.271 e. The summed E-state index contributed by atoms with van der Waals surface area (Å²) in [6.45, 7) is 2.52. The summed E-state index contributed by atoms with van der Waals surface area (Å²) in [5.74, 6) is -0.844. The minimum atomic E-state index is -4.02. The minimum Gasteiger partial charge on any atom is -0.369 e. The Morgan fingerprint density at radius 1 is 1.42 bits per heavy atom. The zero-order chi connectivity index (χ0) is 14.8. The van der Waals surface area contributed by atoms with E-state index >= 15 is 0 Å². The third-order valence-corrected chi connectivity index (χ3v) is 4.07. The van der Waals surface area contributed by atoms with Gasteiger partial charge in [-0.1, -0.05) is 0 Å². The molecule has 0 unspecified atom stereocenters. The summed E-state index contributed by atoms with van der Waals surface area (Å²) in [6.07, 6.45) is 0. The van der Waals surface area contributed by atoms with Crippen molar-refractivity contribution in [3.63, 3.8) is 0 Å². The molecule has 1 amide bonds. The second-order valence-electron chi connectivity index (χ2n) is 3.93. The van der Waals surface area contributed by atoms with Gasteiger partial charge in [0.25, 0.3) is 5.69 Å². The van der Waals surface area contributed by atoms with Crippen LogP contribution in [0.1, 0.15) is 11.1 Å². The van der Waals surface area contributed by atoms with Crippen molar-refractivity contribution in [2.45, 2.75) is 18.7 Å². The normalized spacial score (nSPS) is 11.3. The summed E-state index contributed by atoms with van der Waals surface area (Å²) >= 11 is 0. The van der Waals surface area contributed by atoms with Crippen LogP contribution in [0.4, 0.5) is 5.69 Å². The third-order valence-electron chi connectivity index (χ3n) is 2.54. The molecule has 104 valence electrons. The molecule has 8 nitrogen and oxygen atoms in total. The van der Waals surface area contributed by atoms with E-state index in [1.54, 1.807) is 6.92 Å². The van der Waals surface area contributed by atoms with Crippen molar-refractivity contribution in [2.24, 2.45) is 5.73 Å². The van der Waals surface area contributed by atoms with Crippen LogP contribution in [0.15, 0.2) is 17.0 Å². The Labute approximate surface area is 109 Å². The summed E-state index contributed by atoms with van der Waals surface area (Å²) in [6, 6.07) is 2.23. The first kappa shape index (κ1) is 15.1. The van der Waals surface area contributed by atoms with E-state index in [0.717, 1.165) is 6.07 Å². The highest BCUT2D eigenvalue weighted by atomic mass is 32.2. The highest BCUT2D eigenvalue weighted by molar-refractivity contribution is 7.89. The van der Waals surface area contributed by atoms with Gasteiger partial charge in [0.1, 0.15) is 0 Å². The number of hydrogen-bond acceptors (Lipinski definition) is 5. The number of hydrogen-bond donors (Lipinski definition) is 2. The maximum atomic E-state index is 11.9. The zero-order valence-electron chi connectivity index (χ0n) is 10.3. The fraction of sp³-hybridized carbons (Fsp3) is 0.300. The first-order valence-corrected chi connectivity index (χ1v) is 6.67. The number of nitrogens with one attached hydrogen (secondary N) is 1. The molecule has 0 fully saturated rings. The number of nitro benzene ring substituents is 1. The summed E-state index contributed by atoms with van der Waals surface area (Å²) < 4.78 is 25.9. The van der Waals surface area contributed by atoms with Crippen molar-refractivity contribution in [1.82, 2.24) is 4.72 Å². The van der Waals surface area contributed by atoms with Gasteiger partial charge in [-0.3, -0.25) is 14.9 Å². The Bertz CT molecular complexity index is 639. The highest BCUT2D eigenvalue weighted by Crippen LogP contribution is 2.25. The van der Waals surface area contributed by atoms with Crippen LogP contribution in [0.25, 0.3) is 0 Å². The molecule has 0 heterocycles. The van der Waals surface area contributed by atoms with E-state index in [0.29, 0.717) is 11.1 Å². The number of aryl methyl sites for hydroxylation is 1. The molecule has 0 aliphatic carbocycles. The van der Waals surface area contributed by atoms with E-state index in [-0.39, 0.29) is 10.6 Å². The van der Waals surface area contributed by atoms with E-state index < -0.39 is 27.4 Å². The van der Waals surface area contributed by atoms with Gasteiger partial charge in [0.05, 0.1) is 16.4 Å². The van der Waals surface area contributed by atoms with E-state index in [1.807, 2.05) is 4.72 Å². The second kappa shape index (κ2) is 5.33. The van der Waals surface area contributed by atoms with Crippen LogP contribution < -0.4 is 10.5 Å². The quantitative estimate of drug-likeness (QED) is 0.580. The van der Waals surface area contributed by atoms with Gasteiger partial charge < -0.3 is 5.73 Å². The number of rotatable bonds is 5. The van der Waals surface area contributed by atoms with Gasteiger partial charge in [0.15, 0.2) is 0 Å². The van der Waals surface area contributed by atoms with Gasteiger partial charge >= 0.3 is 0 Å². The Morgan fingerprint density at radius 2 is 2.00 bits per heavy atom. The molecule has 1 aromatic rings. The number of amides is 1. The molecule has 0 atom stereocenters. The Kier molecular flexibility index (Phi) is 4.22. The number of primary amides is 1. The van der Waals surface area contributed by atoms with Crippen LogP contribution in [0.5, 0.6) is 0 Å². The molecule has 0 aliphatic heterocycles. The van der Waals surface area contributed by atoms with Gasteiger partial charge in [0.2, 0.25) is 15.9 Å². The standard InChI is InChI=1S/C10H13N3O5S/c1-6-3-8(13(15)16)4-9(7(6)2)19(17,18)12-5-10(11)14/h3-4,12H,5H2,1-2H3,(H2,11,14). The van der Waals surface area contributed by atoms with Gasteiger partial charge in [-0.05, 0) is 25.0 Å². The average molecular weight is 287 g/mol. The van der Waals surface area contributed by atoms with Gasteiger partial charge in [-0.15, -0.1) is 0 Å². The van der Waals surface area contributed by atoms with Crippen molar-refractivity contribution in [1.29, 1.82) is 0 Å². The molecule has 3 N–H and O–H groups in total. The van der Waals surface area contributed by atoms with Crippen molar-refractivity contribution in [3.8, 4) is 0 Å². The molecule has 0 bridgehead atoms. The van der Waals surface area contributed by atoms with Crippen molar-refractivity contribution in [3.05, 3.63) is 33.4 Å². The fourth-order valence-electron chi connectivity index (χ4n) is 1.44. The first-order valence-electron chi connectivity index (χ1n) is 5.18. The largest absolute Gasteiger partial charge is 0.369 e. The van der Waals surface area contributed by atoms with E-state index in [4.69, 9.17) is 5.73 Å². The molecule has 0 saturated heterocycles. The summed E-state index contributed by atoms with van der Waals surface area (Å²) in [5.41, 5.74) is 5.36. The summed E-state index contributed by atoms with van der Waals surface area (Å²) in [4.78, 5) is 20.4. The predicted molar refractivity (Wildman–Crippen MR) is 67.0 cm³/mol. The van der Waals surface area contributed by atoms with Gasteiger partial charge in [-0.25, -0.2) is 13.1 Å². The van der Waals surface area contributed by atoms with Crippen LogP contribution in [-0.2, 0) is 14.8 Å². The molecule has 19 heavy (non-hydrogen) atoms. The van der Waals surface area contributed by atoms with Crippen molar-refractivity contribution in [2.75, 3.05) is 6.54 Å². The summed E-state index contributed by atoms with van der Waals surface area (Å²) in [5, 5.41) is 10.7. The predicted octanol–water partition coefficient (Wildman–Crippen LogP) is -0.0248. The number of nitro groups is 1. The molecule has 0 aliphatic rings. The van der Waals surface area contributed by atoms with Crippen LogP contribution in [-0.4, -0.2) is 25.8 Å². The summed E-state index contributed by atoms with van der Waals surface area (Å²) in [7, 11) is -4.02. The molecular weight excluding hydrogens is 274 g/mol. The molecule has 0 radical (unpaired) electrons. The molecular formula is C10H13N3O5S. The molecule has 0 spiro atoms. The average Bonchev–Trinajstić information content (AvgIpc) is 2.29. The first-order chi connectivity index (χ1) is 8.65. The lowest BCUT2D eigenvalue weighted by molar-refractivity contribution is -0.385. The van der Waals surface area contributed by atoms with Gasteiger partial charge in [0, 0.05) is 12.1 Å². The lowest BCUT2D eigenvalue weighted by atomic mass is 10.1. The molecule has 1 rings (SSSR count). The maximum absolute atomic E-state index is 11.9. The number of sulfonamides is 1. The van der Waals surface area contributed by atoms with Crippen LogP contribution in [0.2, 0.25) is 0 Å². The number of carbonyl (C=O) groups excluding carboxylic acids is 1. The molecule has 0 aromatic heterocycles.